The maximum absolute atomic E-state index is 14.1. The van der Waals surface area contributed by atoms with E-state index in [9.17, 15) is 58.0 Å². The lowest BCUT2D eigenvalue weighted by Gasteiger charge is -2.40. The van der Waals surface area contributed by atoms with Crippen molar-refractivity contribution >= 4 is 43.9 Å². The summed E-state index contributed by atoms with van der Waals surface area (Å²) in [7, 11) is -5.08. The van der Waals surface area contributed by atoms with Crippen LogP contribution < -0.4 is 11.0 Å². The number of ether oxygens (including phenoxy) is 3. The lowest BCUT2D eigenvalue weighted by atomic mass is 9.95. The second-order valence-corrected chi connectivity index (χ2v) is 24.3. The number of carbonyl (C=O) groups excluding carboxylic acids is 2. The van der Waals surface area contributed by atoms with Crippen molar-refractivity contribution in [3.05, 3.63) is 108 Å². The molecule has 3 saturated heterocycles. The zero-order valence-corrected chi connectivity index (χ0v) is 46.7. The SMILES string of the molecule is COCCN1CCC(C(=O)NO)(S(=O)(=O)c2ccc(-c3ccc(CCCC(F)(F)F)cc3)cc2)CC1.COCCN1CCC(C(=O)NOC2CCCCO2)(S(=O)(=O)c2ccc(-c3ccc(CCCC(F)(F)F)cc3)cc2)CC1.Cl. The number of sulfone groups is 2. The highest BCUT2D eigenvalue weighted by atomic mass is 35.5. The van der Waals surface area contributed by atoms with E-state index in [1.165, 1.54) is 24.3 Å². The Balaban J connectivity index is 0.000000290. The number of methoxy groups -OCH3 is 2. The van der Waals surface area contributed by atoms with Gasteiger partial charge in [-0.15, -0.1) is 12.4 Å². The summed E-state index contributed by atoms with van der Waals surface area (Å²) in [5, 5.41) is 9.33. The Labute approximate surface area is 464 Å². The van der Waals surface area contributed by atoms with Gasteiger partial charge in [0.2, 0.25) is 0 Å². The molecule has 3 aliphatic heterocycles. The highest BCUT2D eigenvalue weighted by molar-refractivity contribution is 7.94. The molecule has 438 valence electrons. The molecular weight excluding hydrogens is 1110 g/mol. The quantitative estimate of drug-likeness (QED) is 0.0384. The summed E-state index contributed by atoms with van der Waals surface area (Å²) >= 11 is 0. The van der Waals surface area contributed by atoms with E-state index >= 15 is 0 Å². The summed E-state index contributed by atoms with van der Waals surface area (Å²) in [6.07, 6.45) is -7.26. The summed E-state index contributed by atoms with van der Waals surface area (Å²) in [4.78, 5) is 35.8. The van der Waals surface area contributed by atoms with E-state index in [0.29, 0.717) is 78.4 Å². The number of likely N-dealkylation sites (tertiary alicyclic amines) is 2. The molecule has 0 aliphatic carbocycles. The van der Waals surface area contributed by atoms with Crippen molar-refractivity contribution in [2.24, 2.45) is 0 Å². The van der Waals surface area contributed by atoms with Crippen LogP contribution in [0, 0.1) is 0 Å². The van der Waals surface area contributed by atoms with Gasteiger partial charge in [0.15, 0.2) is 35.5 Å². The number of benzene rings is 4. The third kappa shape index (κ3) is 17.4. The van der Waals surface area contributed by atoms with Crippen LogP contribution in [0.5, 0.6) is 0 Å². The molecule has 3 aliphatic rings. The monoisotopic (exact) mass is 1180 g/mol. The van der Waals surface area contributed by atoms with Gasteiger partial charge in [-0.25, -0.2) is 32.6 Å². The Bertz CT molecular complexity index is 2750. The molecule has 2 amide bonds. The lowest BCUT2D eigenvalue weighted by molar-refractivity contribution is -0.202. The predicted octanol–water partition coefficient (Wildman–Crippen LogP) is 9.49. The molecule has 0 spiro atoms. The largest absolute Gasteiger partial charge is 0.389 e. The van der Waals surface area contributed by atoms with Gasteiger partial charge in [-0.1, -0.05) is 72.8 Å². The molecule has 3 fully saturated rings. The third-order valence-corrected chi connectivity index (χ3v) is 19.7. The lowest BCUT2D eigenvalue weighted by Crippen LogP contribution is -2.58. The summed E-state index contributed by atoms with van der Waals surface area (Å²) in [5.41, 5.74) is 8.62. The average molecular weight is 1180 g/mol. The summed E-state index contributed by atoms with van der Waals surface area (Å²) in [5.74, 6) is -1.65. The fourth-order valence-corrected chi connectivity index (χ4v) is 13.8. The Hall–Kier alpha value is -4.69. The van der Waals surface area contributed by atoms with Gasteiger partial charge >= 0.3 is 12.4 Å². The van der Waals surface area contributed by atoms with Gasteiger partial charge in [0.1, 0.15) is 0 Å². The van der Waals surface area contributed by atoms with Crippen LogP contribution in [0.1, 0.15) is 81.8 Å². The Morgan fingerprint density at radius 2 is 0.975 bits per heavy atom. The number of hydrogen-bond donors (Lipinski definition) is 3. The maximum Gasteiger partial charge on any atom is 0.389 e. The minimum absolute atomic E-state index is 0. The maximum atomic E-state index is 14.1. The van der Waals surface area contributed by atoms with Gasteiger partial charge in [0.25, 0.3) is 11.8 Å². The molecule has 24 heteroatoms. The van der Waals surface area contributed by atoms with Crippen LogP contribution >= 0.6 is 12.4 Å². The second kappa shape index (κ2) is 29.3. The van der Waals surface area contributed by atoms with E-state index < -0.39 is 72.5 Å². The van der Waals surface area contributed by atoms with Crippen molar-refractivity contribution in [3.8, 4) is 22.3 Å². The molecule has 3 N–H and O–H groups in total. The van der Waals surface area contributed by atoms with Crippen LogP contribution in [0.4, 0.5) is 26.3 Å². The van der Waals surface area contributed by atoms with Crippen molar-refractivity contribution in [3.63, 3.8) is 0 Å². The Morgan fingerprint density at radius 3 is 1.30 bits per heavy atom. The predicted molar refractivity (Wildman–Crippen MR) is 287 cm³/mol. The van der Waals surface area contributed by atoms with Crippen LogP contribution in [0.25, 0.3) is 22.3 Å². The molecule has 0 aromatic heterocycles. The Kier molecular flexibility index (Phi) is 24.2. The van der Waals surface area contributed by atoms with Crippen LogP contribution in [0.3, 0.4) is 0 Å². The molecule has 1 atom stereocenters. The number of rotatable bonds is 22. The highest BCUT2D eigenvalue weighted by Crippen LogP contribution is 2.39. The zero-order valence-electron chi connectivity index (χ0n) is 44.3. The number of nitrogens with zero attached hydrogens (tertiary/aromatic N) is 2. The molecule has 4 aromatic carbocycles. The van der Waals surface area contributed by atoms with Crippen molar-refractivity contribution in [1.82, 2.24) is 20.8 Å². The fraction of sp³-hybridized carbons (Fsp3) is 0.527. The molecule has 0 saturated carbocycles. The van der Waals surface area contributed by atoms with Gasteiger partial charge in [0.05, 0.1) is 23.0 Å². The molecule has 3 heterocycles. The first kappa shape index (κ1) is 65.1. The molecular formula is C55H71ClF6N4O11S2. The fourth-order valence-electron chi connectivity index (χ4n) is 9.89. The van der Waals surface area contributed by atoms with Gasteiger partial charge in [-0.05, 0) is 122 Å². The van der Waals surface area contributed by atoms with Crippen LogP contribution in [-0.4, -0.2) is 145 Å². The topological polar surface area (TPSA) is 190 Å². The zero-order chi connectivity index (χ0) is 56.6. The first-order chi connectivity index (χ1) is 37.1. The van der Waals surface area contributed by atoms with Crippen LogP contribution in [-0.2, 0) is 61.2 Å². The number of hydroxylamine groups is 2. The number of halogens is 7. The summed E-state index contributed by atoms with van der Waals surface area (Å²) in [6.45, 7) is 4.30. The van der Waals surface area contributed by atoms with Crippen molar-refractivity contribution in [1.29, 1.82) is 0 Å². The average Bonchev–Trinajstić information content (AvgIpc) is 3.58. The standard InChI is InChI=1S/C30H39F3N2O6S.C25H31F3N2O5S.ClH/c1-39-22-20-35-18-16-29(17-19-35,28(36)34-41-27-6-2-3-21-40-27)42(37,38)26-13-11-25(12-14-26)24-9-7-23(8-10-24)5-4-15-30(31,32)33;1-35-18-17-30-15-13-24(14-16-30,23(31)29-32)36(33,34)22-10-8-21(9-11-22)20-6-4-19(5-7-20)3-2-12-25(26,27)28;/h7-14,27H,2-6,15-22H2,1H3,(H,34,36);4-11,32H,2-3,12-18H2,1H3,(H,29,31);1H. The van der Waals surface area contributed by atoms with Crippen molar-refractivity contribution < 1.29 is 77.0 Å². The molecule has 79 heavy (non-hydrogen) atoms. The minimum atomic E-state index is -4.17. The van der Waals surface area contributed by atoms with E-state index in [1.54, 1.807) is 80.4 Å². The number of carbonyl (C=O) groups is 2. The van der Waals surface area contributed by atoms with Crippen molar-refractivity contribution in [2.45, 2.75) is 121 Å². The number of nitrogens with one attached hydrogen (secondary N) is 2. The van der Waals surface area contributed by atoms with Gasteiger partial charge in [0, 0.05) is 79.4 Å². The second-order valence-electron chi connectivity index (χ2n) is 19.8. The first-order valence-corrected chi connectivity index (χ1v) is 29.0. The number of piperidine rings is 2. The molecule has 0 bridgehead atoms. The van der Waals surface area contributed by atoms with E-state index in [2.05, 4.69) is 10.4 Å². The van der Waals surface area contributed by atoms with Gasteiger partial charge in [-0.2, -0.15) is 26.3 Å². The minimum Gasteiger partial charge on any atom is -0.383 e. The third-order valence-electron chi connectivity index (χ3n) is 14.7. The van der Waals surface area contributed by atoms with Crippen LogP contribution in [0.2, 0.25) is 0 Å². The van der Waals surface area contributed by atoms with E-state index in [1.807, 2.05) is 17.0 Å². The highest BCUT2D eigenvalue weighted by Gasteiger charge is 2.54. The van der Waals surface area contributed by atoms with E-state index in [-0.39, 0.29) is 60.7 Å². The smallest absolute Gasteiger partial charge is 0.383 e. The molecule has 15 nitrogen and oxygen atoms in total. The van der Waals surface area contributed by atoms with Gasteiger partial charge < -0.3 is 24.0 Å². The molecule has 4 aromatic rings. The Morgan fingerprint density at radius 1 is 0.608 bits per heavy atom. The first-order valence-electron chi connectivity index (χ1n) is 26.0. The summed E-state index contributed by atoms with van der Waals surface area (Å²) in [6, 6.07) is 26.7. The molecule has 0 radical (unpaired) electrons. The molecule has 1 unspecified atom stereocenters. The number of aryl methyl sites for hydroxylation is 2. The van der Waals surface area contributed by atoms with E-state index in [4.69, 9.17) is 19.0 Å². The van der Waals surface area contributed by atoms with Crippen LogP contribution in [0.15, 0.2) is 107 Å². The number of hydrogen-bond acceptors (Lipinski definition) is 13. The number of amides is 2. The van der Waals surface area contributed by atoms with E-state index in [0.717, 1.165) is 46.2 Å². The molecule has 7 rings (SSSR count). The summed E-state index contributed by atoms with van der Waals surface area (Å²) < 4.78 is 142. The van der Waals surface area contributed by atoms with Crippen molar-refractivity contribution in [2.75, 3.05) is 73.3 Å². The normalized spacial score (nSPS) is 18.1. The number of alkyl halides is 6. The van der Waals surface area contributed by atoms with Gasteiger partial charge in [-0.3, -0.25) is 14.8 Å².